The number of nitrogens with one attached hydrogen (secondary N) is 1. The number of hydrogen-bond donors (Lipinski definition) is 2. The van der Waals surface area contributed by atoms with E-state index < -0.39 is 0 Å². The fraction of sp³-hybridized carbons (Fsp3) is 0.389. The van der Waals surface area contributed by atoms with Gasteiger partial charge in [-0.3, -0.25) is 13.9 Å². The molecule has 2 aromatic heterocycles. The molecule has 0 amide bonds. The number of halogens is 1. The zero-order chi connectivity index (χ0) is 18.8. The Morgan fingerprint density at radius 3 is 2.50 bits per heavy atom. The minimum absolute atomic E-state index is 0.187. The van der Waals surface area contributed by atoms with Crippen molar-refractivity contribution in [3.05, 3.63) is 61.0 Å². The van der Waals surface area contributed by atoms with Crippen molar-refractivity contribution in [3.8, 4) is 0 Å². The number of aromatic amines is 1. The Morgan fingerprint density at radius 1 is 1.19 bits per heavy atom. The van der Waals surface area contributed by atoms with Crippen molar-refractivity contribution < 1.29 is 0 Å². The van der Waals surface area contributed by atoms with E-state index in [0.717, 1.165) is 10.0 Å². The van der Waals surface area contributed by atoms with E-state index in [4.69, 9.17) is 5.73 Å². The van der Waals surface area contributed by atoms with E-state index in [0.29, 0.717) is 30.0 Å². The monoisotopic (exact) mass is 419 g/mol. The minimum Gasteiger partial charge on any atom is -0.336 e. The van der Waals surface area contributed by atoms with Crippen LogP contribution in [-0.2, 0) is 19.5 Å². The van der Waals surface area contributed by atoms with Gasteiger partial charge in [0, 0.05) is 30.5 Å². The van der Waals surface area contributed by atoms with E-state index in [9.17, 15) is 9.59 Å². The van der Waals surface area contributed by atoms with Crippen LogP contribution in [0.4, 0.5) is 0 Å². The van der Waals surface area contributed by atoms with Crippen molar-refractivity contribution in [2.45, 2.75) is 33.4 Å². The molecule has 0 saturated heterocycles. The zero-order valence-corrected chi connectivity index (χ0v) is 16.4. The Morgan fingerprint density at radius 2 is 1.88 bits per heavy atom. The summed E-state index contributed by atoms with van der Waals surface area (Å²) in [6.07, 6.45) is 0.550. The highest BCUT2D eigenvalue weighted by atomic mass is 79.9. The Labute approximate surface area is 159 Å². The predicted molar refractivity (Wildman–Crippen MR) is 105 cm³/mol. The van der Waals surface area contributed by atoms with Gasteiger partial charge >= 0.3 is 5.69 Å². The SMILES string of the molecule is CC(C)Cn1c(=O)n(CCN)c(=O)c2[nH]c(Cc3ccc(Br)cc3)nc21. The van der Waals surface area contributed by atoms with Gasteiger partial charge < -0.3 is 10.7 Å². The van der Waals surface area contributed by atoms with E-state index >= 15 is 0 Å². The Kier molecular flexibility index (Phi) is 5.43. The molecule has 3 N–H and O–H groups in total. The van der Waals surface area contributed by atoms with Crippen LogP contribution in [0.5, 0.6) is 0 Å². The number of H-pyrrole nitrogens is 1. The van der Waals surface area contributed by atoms with E-state index in [2.05, 4.69) is 25.9 Å². The fourth-order valence-electron chi connectivity index (χ4n) is 2.95. The molecule has 1 aromatic carbocycles. The molecule has 2 heterocycles. The van der Waals surface area contributed by atoms with Crippen LogP contribution >= 0.6 is 15.9 Å². The normalized spacial score (nSPS) is 11.6. The van der Waals surface area contributed by atoms with Gasteiger partial charge in [0.1, 0.15) is 11.3 Å². The number of rotatable bonds is 6. The summed E-state index contributed by atoms with van der Waals surface area (Å²) in [5.41, 5.74) is 6.67. The molecule has 0 atom stereocenters. The third-order valence-corrected chi connectivity index (χ3v) is 4.62. The Hall–Kier alpha value is -2.19. The van der Waals surface area contributed by atoms with Crippen LogP contribution in [0.2, 0.25) is 0 Å². The first kappa shape index (κ1) is 18.6. The standard InChI is InChI=1S/C18H22BrN5O2/c1-11(2)10-24-16-15(17(25)23(8-7-20)18(24)26)21-14(22-16)9-12-3-5-13(19)6-4-12/h3-6,11H,7-10,20H2,1-2H3,(H,21,22). The summed E-state index contributed by atoms with van der Waals surface area (Å²) in [5.74, 6) is 0.896. The van der Waals surface area contributed by atoms with Crippen molar-refractivity contribution in [1.82, 2.24) is 19.1 Å². The second-order valence-corrected chi connectivity index (χ2v) is 7.63. The average molecular weight is 420 g/mol. The van der Waals surface area contributed by atoms with Crippen LogP contribution in [0.3, 0.4) is 0 Å². The van der Waals surface area contributed by atoms with Crippen LogP contribution in [-0.4, -0.2) is 25.6 Å². The van der Waals surface area contributed by atoms with Crippen LogP contribution in [0.25, 0.3) is 11.2 Å². The largest absolute Gasteiger partial charge is 0.336 e. The highest BCUT2D eigenvalue weighted by Gasteiger charge is 2.17. The van der Waals surface area contributed by atoms with Crippen molar-refractivity contribution in [2.24, 2.45) is 11.7 Å². The molecule has 26 heavy (non-hydrogen) atoms. The second kappa shape index (κ2) is 7.59. The molecule has 8 heteroatoms. The third kappa shape index (κ3) is 3.66. The highest BCUT2D eigenvalue weighted by Crippen LogP contribution is 2.15. The van der Waals surface area contributed by atoms with Gasteiger partial charge in [-0.1, -0.05) is 41.9 Å². The maximum Gasteiger partial charge on any atom is 0.332 e. The first-order chi connectivity index (χ1) is 12.4. The smallest absolute Gasteiger partial charge is 0.332 e. The van der Waals surface area contributed by atoms with E-state index in [1.54, 1.807) is 4.57 Å². The Bertz CT molecular complexity index is 1030. The zero-order valence-electron chi connectivity index (χ0n) is 14.8. The molecule has 0 spiro atoms. The number of fused-ring (bicyclic) bond motifs is 1. The average Bonchev–Trinajstić information content (AvgIpc) is 3.01. The lowest BCUT2D eigenvalue weighted by molar-refractivity contribution is 0.488. The van der Waals surface area contributed by atoms with Gasteiger partial charge in [-0.05, 0) is 23.6 Å². The van der Waals surface area contributed by atoms with Gasteiger partial charge in [-0.15, -0.1) is 0 Å². The van der Waals surface area contributed by atoms with Crippen LogP contribution in [0, 0.1) is 5.92 Å². The van der Waals surface area contributed by atoms with Gasteiger partial charge in [-0.25, -0.2) is 9.78 Å². The molecule has 3 rings (SSSR count). The van der Waals surface area contributed by atoms with E-state index in [-0.39, 0.29) is 30.3 Å². The van der Waals surface area contributed by atoms with Crippen LogP contribution < -0.4 is 17.0 Å². The molecule has 0 aliphatic heterocycles. The highest BCUT2D eigenvalue weighted by molar-refractivity contribution is 9.10. The molecule has 7 nitrogen and oxygen atoms in total. The molecule has 0 bridgehead atoms. The molecule has 0 unspecified atom stereocenters. The van der Waals surface area contributed by atoms with Gasteiger partial charge in [0.15, 0.2) is 5.65 Å². The lowest BCUT2D eigenvalue weighted by Crippen LogP contribution is -2.42. The molecule has 138 valence electrons. The van der Waals surface area contributed by atoms with Crippen LogP contribution in [0.1, 0.15) is 25.2 Å². The van der Waals surface area contributed by atoms with E-state index in [1.165, 1.54) is 4.57 Å². The number of nitrogens with zero attached hydrogens (tertiary/aromatic N) is 3. The number of imidazole rings is 1. The third-order valence-electron chi connectivity index (χ3n) is 4.10. The Balaban J connectivity index is 2.14. The number of nitrogens with two attached hydrogens (primary N) is 1. The van der Waals surface area contributed by atoms with Crippen molar-refractivity contribution >= 4 is 27.1 Å². The maximum absolute atomic E-state index is 12.7. The van der Waals surface area contributed by atoms with Gasteiger partial charge in [-0.2, -0.15) is 0 Å². The molecular formula is C18H22BrN5O2. The summed E-state index contributed by atoms with van der Waals surface area (Å²) < 4.78 is 3.76. The lowest BCUT2D eigenvalue weighted by atomic mass is 10.1. The molecule has 0 fully saturated rings. The minimum atomic E-state index is -0.370. The number of aromatic nitrogens is 4. The quantitative estimate of drug-likeness (QED) is 0.636. The summed E-state index contributed by atoms with van der Waals surface area (Å²) in [5, 5.41) is 0. The summed E-state index contributed by atoms with van der Waals surface area (Å²) in [4.78, 5) is 33.1. The van der Waals surface area contributed by atoms with Gasteiger partial charge in [0.05, 0.1) is 0 Å². The second-order valence-electron chi connectivity index (χ2n) is 6.72. The first-order valence-electron chi connectivity index (χ1n) is 8.57. The molecule has 0 aliphatic carbocycles. The lowest BCUT2D eigenvalue weighted by Gasteiger charge is -2.12. The van der Waals surface area contributed by atoms with Gasteiger partial charge in [0.2, 0.25) is 0 Å². The summed E-state index contributed by atoms with van der Waals surface area (Å²) in [6.45, 7) is 4.94. The maximum atomic E-state index is 12.7. The summed E-state index contributed by atoms with van der Waals surface area (Å²) in [7, 11) is 0. The van der Waals surface area contributed by atoms with E-state index in [1.807, 2.05) is 38.1 Å². The molecule has 3 aromatic rings. The van der Waals surface area contributed by atoms with Gasteiger partial charge in [0.25, 0.3) is 5.56 Å². The number of hydrogen-bond acceptors (Lipinski definition) is 4. The predicted octanol–water partition coefficient (Wildman–Crippen LogP) is 1.85. The molecule has 0 aliphatic rings. The van der Waals surface area contributed by atoms with Crippen molar-refractivity contribution in [3.63, 3.8) is 0 Å². The molecule has 0 saturated carbocycles. The summed E-state index contributed by atoms with van der Waals surface area (Å²) in [6, 6.07) is 7.90. The first-order valence-corrected chi connectivity index (χ1v) is 9.36. The molecular weight excluding hydrogens is 398 g/mol. The topological polar surface area (TPSA) is 98.7 Å². The fourth-order valence-corrected chi connectivity index (χ4v) is 3.21. The molecule has 0 radical (unpaired) electrons. The summed E-state index contributed by atoms with van der Waals surface area (Å²) >= 11 is 3.42. The van der Waals surface area contributed by atoms with Crippen molar-refractivity contribution in [2.75, 3.05) is 6.54 Å². The van der Waals surface area contributed by atoms with Crippen molar-refractivity contribution in [1.29, 1.82) is 0 Å². The van der Waals surface area contributed by atoms with Crippen LogP contribution in [0.15, 0.2) is 38.3 Å². The number of benzene rings is 1.